The first-order valence-corrected chi connectivity index (χ1v) is 9.84. The zero-order valence-corrected chi connectivity index (χ0v) is 17.9. The molecule has 1 amide bonds. The Hall–Kier alpha value is -3.88. The van der Waals surface area contributed by atoms with Crippen LogP contribution in [0.25, 0.3) is 17.0 Å². The number of fused-ring (bicyclic) bond motifs is 1. The van der Waals surface area contributed by atoms with Crippen molar-refractivity contribution in [2.45, 2.75) is 33.0 Å². The Balaban J connectivity index is 1.55. The molecule has 4 aromatic rings. The molecule has 0 aliphatic heterocycles. The quantitative estimate of drug-likeness (QED) is 0.523. The van der Waals surface area contributed by atoms with Crippen molar-refractivity contribution in [3.05, 3.63) is 60.6 Å². The van der Waals surface area contributed by atoms with Crippen LogP contribution in [0.3, 0.4) is 0 Å². The first-order chi connectivity index (χ1) is 14.8. The van der Waals surface area contributed by atoms with E-state index < -0.39 is 11.7 Å². The van der Waals surface area contributed by atoms with Crippen LogP contribution in [0.4, 0.5) is 10.6 Å². The van der Waals surface area contributed by atoms with Gasteiger partial charge in [-0.05, 0) is 45.0 Å². The summed E-state index contributed by atoms with van der Waals surface area (Å²) in [6.07, 6.45) is 3.03. The lowest BCUT2D eigenvalue weighted by Gasteiger charge is -2.19. The highest BCUT2D eigenvalue weighted by molar-refractivity contribution is 5.83. The van der Waals surface area contributed by atoms with Crippen LogP contribution in [-0.4, -0.2) is 35.8 Å². The number of aryl methyl sites for hydroxylation is 1. The molecule has 0 bridgehead atoms. The summed E-state index contributed by atoms with van der Waals surface area (Å²) in [5.74, 6) is 1.07. The summed E-state index contributed by atoms with van der Waals surface area (Å²) in [5.41, 5.74) is 1.73. The summed E-state index contributed by atoms with van der Waals surface area (Å²) in [6.45, 7) is 5.57. The number of amides is 1. The number of hydrogen-bond donors (Lipinski definition) is 1. The number of aromatic nitrogens is 5. The predicted octanol–water partition coefficient (Wildman–Crippen LogP) is 4.08. The minimum absolute atomic E-state index is 0.164. The monoisotopic (exact) mass is 420 g/mol. The predicted molar refractivity (Wildman–Crippen MR) is 116 cm³/mol. The fourth-order valence-electron chi connectivity index (χ4n) is 3.04. The van der Waals surface area contributed by atoms with E-state index in [0.29, 0.717) is 23.5 Å². The van der Waals surface area contributed by atoms with Crippen LogP contribution < -0.4 is 10.1 Å². The Bertz CT molecular complexity index is 1220. The second-order valence-corrected chi connectivity index (χ2v) is 7.99. The van der Waals surface area contributed by atoms with Gasteiger partial charge in [-0.15, -0.1) is 0 Å². The number of nitrogens with one attached hydrogen (secondary N) is 1. The molecule has 31 heavy (non-hydrogen) atoms. The van der Waals surface area contributed by atoms with Gasteiger partial charge in [-0.2, -0.15) is 4.98 Å². The van der Waals surface area contributed by atoms with E-state index >= 15 is 0 Å². The van der Waals surface area contributed by atoms with Gasteiger partial charge in [0.05, 0.1) is 16.7 Å². The number of benzene rings is 1. The molecule has 3 heterocycles. The summed E-state index contributed by atoms with van der Waals surface area (Å²) in [7, 11) is 1.91. The van der Waals surface area contributed by atoms with Crippen molar-refractivity contribution in [1.29, 1.82) is 0 Å². The average Bonchev–Trinajstić information content (AvgIpc) is 3.27. The number of nitrogens with zero attached hydrogens (tertiary/aromatic N) is 5. The van der Waals surface area contributed by atoms with Crippen LogP contribution in [-0.2, 0) is 18.4 Å². The molecule has 9 heteroatoms. The van der Waals surface area contributed by atoms with Crippen LogP contribution in [0.1, 0.15) is 26.5 Å². The largest absolute Gasteiger partial charge is 0.458 e. The third kappa shape index (κ3) is 4.66. The molecular formula is C22H24N6O3. The molecule has 0 aliphatic rings. The van der Waals surface area contributed by atoms with Crippen molar-refractivity contribution >= 4 is 22.9 Å². The van der Waals surface area contributed by atoms with Gasteiger partial charge in [-0.3, -0.25) is 5.32 Å². The molecule has 0 aliphatic carbocycles. The summed E-state index contributed by atoms with van der Waals surface area (Å²) < 4.78 is 15.0. The highest BCUT2D eigenvalue weighted by Crippen LogP contribution is 2.25. The lowest BCUT2D eigenvalue weighted by Crippen LogP contribution is -2.27. The highest BCUT2D eigenvalue weighted by atomic mass is 16.6. The van der Waals surface area contributed by atoms with E-state index in [4.69, 9.17) is 9.47 Å². The normalized spacial score (nSPS) is 11.5. The lowest BCUT2D eigenvalue weighted by atomic mass is 10.2. The van der Waals surface area contributed by atoms with Crippen molar-refractivity contribution < 1.29 is 14.3 Å². The summed E-state index contributed by atoms with van der Waals surface area (Å²) in [6, 6.07) is 13.5. The smallest absolute Gasteiger partial charge is 0.413 e. The maximum atomic E-state index is 12.0. The molecule has 0 fully saturated rings. The van der Waals surface area contributed by atoms with E-state index in [1.807, 2.05) is 52.7 Å². The molecule has 0 atom stereocenters. The van der Waals surface area contributed by atoms with E-state index in [-0.39, 0.29) is 6.61 Å². The number of rotatable bonds is 5. The van der Waals surface area contributed by atoms with Crippen LogP contribution in [0, 0.1) is 0 Å². The molecule has 4 rings (SSSR count). The zero-order chi connectivity index (χ0) is 22.0. The van der Waals surface area contributed by atoms with Crippen LogP contribution in [0.2, 0.25) is 0 Å². The number of pyridine rings is 1. The highest BCUT2D eigenvalue weighted by Gasteiger charge is 2.18. The van der Waals surface area contributed by atoms with Gasteiger partial charge in [0.25, 0.3) is 0 Å². The Labute approximate surface area is 179 Å². The van der Waals surface area contributed by atoms with Gasteiger partial charge in [0.15, 0.2) is 0 Å². The summed E-state index contributed by atoms with van der Waals surface area (Å²) in [4.78, 5) is 25.5. The first-order valence-electron chi connectivity index (χ1n) is 9.84. The lowest BCUT2D eigenvalue weighted by molar-refractivity contribution is 0.0635. The van der Waals surface area contributed by atoms with Crippen molar-refractivity contribution in [3.63, 3.8) is 0 Å². The van der Waals surface area contributed by atoms with Crippen molar-refractivity contribution in [2.24, 2.45) is 7.05 Å². The Kier molecular flexibility index (Phi) is 5.33. The number of para-hydroxylation sites is 2. The van der Waals surface area contributed by atoms with Crippen LogP contribution in [0.5, 0.6) is 6.01 Å². The average molecular weight is 420 g/mol. The molecule has 0 unspecified atom stereocenters. The fourth-order valence-corrected chi connectivity index (χ4v) is 3.04. The summed E-state index contributed by atoms with van der Waals surface area (Å²) >= 11 is 0. The van der Waals surface area contributed by atoms with E-state index in [2.05, 4.69) is 20.3 Å². The van der Waals surface area contributed by atoms with E-state index in [9.17, 15) is 4.79 Å². The molecule has 1 N–H and O–H groups in total. The summed E-state index contributed by atoms with van der Waals surface area (Å²) in [5, 5.41) is 2.64. The van der Waals surface area contributed by atoms with Crippen molar-refractivity contribution in [1.82, 2.24) is 24.1 Å². The number of ether oxygens (including phenoxy) is 2. The van der Waals surface area contributed by atoms with Gasteiger partial charge in [0.2, 0.25) is 5.95 Å². The first kappa shape index (κ1) is 20.4. The minimum Gasteiger partial charge on any atom is -0.458 e. The molecule has 1 aromatic carbocycles. The molecular weight excluding hydrogens is 396 g/mol. The van der Waals surface area contributed by atoms with E-state index in [1.165, 1.54) is 0 Å². The molecule has 160 valence electrons. The standard InChI is InChI=1S/C22H24N6O3/c1-22(2,3)31-21(29)26-18-11-7-8-15(24-18)14-30-20-25-16-9-5-6-10-17(16)28(20)19-23-12-13-27(19)4/h5-13H,14H2,1-4H3,(H,24,26,29). The molecule has 0 radical (unpaired) electrons. The second kappa shape index (κ2) is 8.10. The van der Waals surface area contributed by atoms with Gasteiger partial charge >= 0.3 is 12.1 Å². The van der Waals surface area contributed by atoms with Crippen molar-refractivity contribution in [3.8, 4) is 12.0 Å². The third-order valence-corrected chi connectivity index (χ3v) is 4.31. The number of imidazole rings is 2. The molecule has 0 saturated carbocycles. The van der Waals surface area contributed by atoms with E-state index in [1.54, 1.807) is 39.1 Å². The van der Waals surface area contributed by atoms with E-state index in [0.717, 1.165) is 11.0 Å². The Morgan fingerprint density at radius 1 is 1.10 bits per heavy atom. The molecule has 0 spiro atoms. The number of anilines is 1. The molecule has 9 nitrogen and oxygen atoms in total. The van der Waals surface area contributed by atoms with Gasteiger partial charge in [0.1, 0.15) is 18.0 Å². The van der Waals surface area contributed by atoms with Crippen LogP contribution in [0.15, 0.2) is 54.9 Å². The Morgan fingerprint density at radius 2 is 1.90 bits per heavy atom. The topological polar surface area (TPSA) is 96.1 Å². The maximum absolute atomic E-state index is 12.0. The van der Waals surface area contributed by atoms with Gasteiger partial charge < -0.3 is 14.0 Å². The minimum atomic E-state index is -0.588. The second-order valence-electron chi connectivity index (χ2n) is 7.99. The maximum Gasteiger partial charge on any atom is 0.413 e. The van der Waals surface area contributed by atoms with Crippen LogP contribution >= 0.6 is 0 Å². The molecule has 3 aromatic heterocycles. The SMILES string of the molecule is Cn1ccnc1-n1c(OCc2cccc(NC(=O)OC(C)(C)C)n2)nc2ccccc21. The number of carbonyl (C=O) groups is 1. The number of hydrogen-bond acceptors (Lipinski definition) is 6. The fraction of sp³-hybridized carbons (Fsp3) is 0.273. The van der Waals surface area contributed by atoms with Crippen molar-refractivity contribution in [2.75, 3.05) is 5.32 Å². The van der Waals surface area contributed by atoms with Gasteiger partial charge in [-0.25, -0.2) is 19.3 Å². The zero-order valence-electron chi connectivity index (χ0n) is 17.9. The number of carbonyl (C=O) groups excluding carboxylic acids is 1. The Morgan fingerprint density at radius 3 is 2.65 bits per heavy atom. The van der Waals surface area contributed by atoms with Gasteiger partial charge in [-0.1, -0.05) is 18.2 Å². The third-order valence-electron chi connectivity index (χ3n) is 4.31. The molecule has 0 saturated heterocycles. The van der Waals surface area contributed by atoms with Gasteiger partial charge in [0, 0.05) is 19.4 Å².